The molecular formula is C15H16N2O5S3. The Morgan fingerprint density at radius 2 is 1.96 bits per heavy atom. The Labute approximate surface area is 153 Å². The molecule has 0 unspecified atom stereocenters. The number of hydrogen-bond acceptors (Lipinski definition) is 7. The number of ether oxygens (including phenoxy) is 1. The predicted molar refractivity (Wildman–Crippen MR) is 96.2 cm³/mol. The number of carbonyl (C=O) groups is 2. The first-order valence-corrected chi connectivity index (χ1v) is 10.5. The summed E-state index contributed by atoms with van der Waals surface area (Å²) in [5.41, 5.74) is 0.0430. The molecule has 3 N–H and O–H groups in total. The fraction of sp³-hybridized carbons (Fsp3) is 0.200. The largest absolute Gasteiger partial charge is 0.452 e. The molecule has 0 bridgehead atoms. The van der Waals surface area contributed by atoms with E-state index in [0.717, 1.165) is 22.3 Å². The van der Waals surface area contributed by atoms with Gasteiger partial charge in [0.15, 0.2) is 6.61 Å². The van der Waals surface area contributed by atoms with Gasteiger partial charge in [-0.05, 0) is 18.2 Å². The van der Waals surface area contributed by atoms with Crippen LogP contribution in [0.15, 0.2) is 50.9 Å². The van der Waals surface area contributed by atoms with Crippen LogP contribution < -0.4 is 10.5 Å². The van der Waals surface area contributed by atoms with Crippen molar-refractivity contribution in [3.05, 3.63) is 47.3 Å². The normalized spacial score (nSPS) is 11.1. The Hall–Kier alpha value is -1.88. The van der Waals surface area contributed by atoms with E-state index in [1.54, 1.807) is 11.8 Å². The molecule has 10 heteroatoms. The zero-order chi connectivity index (χ0) is 18.3. The van der Waals surface area contributed by atoms with Gasteiger partial charge >= 0.3 is 5.97 Å². The Morgan fingerprint density at radius 1 is 1.24 bits per heavy atom. The van der Waals surface area contributed by atoms with Gasteiger partial charge in [-0.15, -0.1) is 23.1 Å². The van der Waals surface area contributed by atoms with Crippen molar-refractivity contribution in [2.24, 2.45) is 5.14 Å². The lowest BCUT2D eigenvalue weighted by atomic mass is 10.3. The molecule has 0 radical (unpaired) electrons. The zero-order valence-corrected chi connectivity index (χ0v) is 15.5. The fourth-order valence-corrected chi connectivity index (χ4v) is 4.08. The fourth-order valence-electron chi connectivity index (χ4n) is 1.71. The third-order valence-corrected chi connectivity index (χ3v) is 6.26. The van der Waals surface area contributed by atoms with E-state index in [9.17, 15) is 18.0 Å². The van der Waals surface area contributed by atoms with Crippen LogP contribution in [0.2, 0.25) is 0 Å². The first-order valence-electron chi connectivity index (χ1n) is 7.09. The molecule has 25 heavy (non-hydrogen) atoms. The average Bonchev–Trinajstić information content (AvgIpc) is 3.08. The number of hydrogen-bond donors (Lipinski definition) is 2. The summed E-state index contributed by atoms with van der Waals surface area (Å²) in [6, 6.07) is 10.9. The molecule has 0 aliphatic heterocycles. The molecule has 0 spiro atoms. The van der Waals surface area contributed by atoms with Gasteiger partial charge in [0.1, 0.15) is 4.21 Å². The van der Waals surface area contributed by atoms with Gasteiger partial charge in [0.2, 0.25) is 10.0 Å². The van der Waals surface area contributed by atoms with Crippen molar-refractivity contribution < 1.29 is 22.7 Å². The van der Waals surface area contributed by atoms with Crippen LogP contribution in [0, 0.1) is 0 Å². The van der Waals surface area contributed by atoms with Crippen LogP contribution >= 0.6 is 23.1 Å². The number of rotatable bonds is 8. The van der Waals surface area contributed by atoms with E-state index < -0.39 is 28.5 Å². The van der Waals surface area contributed by atoms with E-state index in [1.807, 2.05) is 30.3 Å². The number of carbonyl (C=O) groups excluding carboxylic acids is 2. The van der Waals surface area contributed by atoms with E-state index in [1.165, 1.54) is 5.38 Å². The topological polar surface area (TPSA) is 116 Å². The molecule has 134 valence electrons. The highest BCUT2D eigenvalue weighted by Gasteiger charge is 2.17. The molecule has 1 aromatic carbocycles. The summed E-state index contributed by atoms with van der Waals surface area (Å²) in [6.07, 6.45) is 0. The highest BCUT2D eigenvalue weighted by Crippen LogP contribution is 2.19. The highest BCUT2D eigenvalue weighted by atomic mass is 32.2. The molecule has 1 heterocycles. The van der Waals surface area contributed by atoms with E-state index in [4.69, 9.17) is 9.88 Å². The van der Waals surface area contributed by atoms with Crippen LogP contribution in [0.4, 0.5) is 0 Å². The number of amides is 1. The predicted octanol–water partition coefficient (Wildman–Crippen LogP) is 1.46. The lowest BCUT2D eigenvalue weighted by Crippen LogP contribution is -2.30. The SMILES string of the molecule is NS(=O)(=O)c1cc(C(=O)OCC(=O)NCCSc2ccccc2)cs1. The summed E-state index contributed by atoms with van der Waals surface area (Å²) >= 11 is 2.42. The van der Waals surface area contributed by atoms with E-state index in [2.05, 4.69) is 5.32 Å². The Kier molecular flexibility index (Phi) is 7.00. The number of nitrogens with one attached hydrogen (secondary N) is 1. The minimum atomic E-state index is -3.86. The summed E-state index contributed by atoms with van der Waals surface area (Å²) in [5, 5.41) is 8.92. The number of esters is 1. The molecular weight excluding hydrogens is 384 g/mol. The number of sulfonamides is 1. The third-order valence-electron chi connectivity index (χ3n) is 2.86. The molecule has 2 rings (SSSR count). The summed E-state index contributed by atoms with van der Waals surface area (Å²) in [7, 11) is -3.86. The van der Waals surface area contributed by atoms with Gasteiger partial charge in [-0.2, -0.15) is 0 Å². The van der Waals surface area contributed by atoms with Crippen molar-refractivity contribution in [1.82, 2.24) is 5.32 Å². The number of nitrogens with two attached hydrogens (primary N) is 1. The quantitative estimate of drug-likeness (QED) is 0.394. The van der Waals surface area contributed by atoms with E-state index >= 15 is 0 Å². The summed E-state index contributed by atoms with van der Waals surface area (Å²) in [4.78, 5) is 24.5. The van der Waals surface area contributed by atoms with Gasteiger partial charge in [0.25, 0.3) is 5.91 Å². The molecule has 1 amide bonds. The lowest BCUT2D eigenvalue weighted by Gasteiger charge is -2.06. The average molecular weight is 401 g/mol. The van der Waals surface area contributed by atoms with Crippen molar-refractivity contribution in [3.63, 3.8) is 0 Å². The first-order chi connectivity index (χ1) is 11.9. The second kappa shape index (κ2) is 8.99. The van der Waals surface area contributed by atoms with Gasteiger partial charge in [-0.3, -0.25) is 4.79 Å². The summed E-state index contributed by atoms with van der Waals surface area (Å²) in [5.74, 6) is -0.518. The molecule has 0 aliphatic rings. The molecule has 0 atom stereocenters. The maximum atomic E-state index is 11.8. The number of primary sulfonamides is 1. The van der Waals surface area contributed by atoms with Gasteiger partial charge < -0.3 is 10.1 Å². The molecule has 0 saturated heterocycles. The van der Waals surface area contributed by atoms with Crippen LogP contribution in [0.3, 0.4) is 0 Å². The van der Waals surface area contributed by atoms with Gasteiger partial charge in [-0.1, -0.05) is 18.2 Å². The molecule has 0 fully saturated rings. The minimum absolute atomic E-state index is 0.0430. The van der Waals surface area contributed by atoms with Crippen LogP contribution in [-0.4, -0.2) is 39.2 Å². The maximum Gasteiger partial charge on any atom is 0.339 e. The van der Waals surface area contributed by atoms with Crippen LogP contribution in [0.1, 0.15) is 10.4 Å². The minimum Gasteiger partial charge on any atom is -0.452 e. The lowest BCUT2D eigenvalue weighted by molar-refractivity contribution is -0.124. The van der Waals surface area contributed by atoms with Crippen LogP contribution in [0.5, 0.6) is 0 Å². The Morgan fingerprint density at radius 3 is 2.60 bits per heavy atom. The number of benzene rings is 1. The molecule has 2 aromatic rings. The van der Waals surface area contributed by atoms with Crippen LogP contribution in [-0.2, 0) is 19.6 Å². The van der Waals surface area contributed by atoms with Gasteiger partial charge in [-0.25, -0.2) is 18.4 Å². The standard InChI is InChI=1S/C15H16N2O5S3/c16-25(20,21)14-8-11(10-24-14)15(19)22-9-13(18)17-6-7-23-12-4-2-1-3-5-12/h1-5,8,10H,6-7,9H2,(H,17,18)(H2,16,20,21). The van der Waals surface area contributed by atoms with E-state index in [-0.39, 0.29) is 9.77 Å². The second-order valence-electron chi connectivity index (χ2n) is 4.79. The van der Waals surface area contributed by atoms with Gasteiger partial charge in [0.05, 0.1) is 5.56 Å². The summed E-state index contributed by atoms with van der Waals surface area (Å²) < 4.78 is 27.0. The molecule has 0 aliphatic carbocycles. The van der Waals surface area contributed by atoms with Gasteiger partial charge in [0, 0.05) is 22.6 Å². The Bertz CT molecular complexity index is 834. The monoisotopic (exact) mass is 400 g/mol. The highest BCUT2D eigenvalue weighted by molar-refractivity contribution is 7.99. The second-order valence-corrected chi connectivity index (χ2v) is 8.65. The van der Waals surface area contributed by atoms with Crippen molar-refractivity contribution >= 4 is 45.0 Å². The summed E-state index contributed by atoms with van der Waals surface area (Å²) in [6.45, 7) is -0.000642. The molecule has 7 nitrogen and oxygen atoms in total. The maximum absolute atomic E-state index is 11.8. The zero-order valence-electron chi connectivity index (χ0n) is 13.0. The first kappa shape index (κ1) is 19.4. The van der Waals surface area contributed by atoms with Crippen molar-refractivity contribution in [1.29, 1.82) is 0 Å². The molecule has 1 aromatic heterocycles. The van der Waals surface area contributed by atoms with E-state index in [0.29, 0.717) is 12.3 Å². The smallest absolute Gasteiger partial charge is 0.339 e. The number of thiophene rings is 1. The number of thioether (sulfide) groups is 1. The Balaban J connectivity index is 1.69. The van der Waals surface area contributed by atoms with Crippen LogP contribution in [0.25, 0.3) is 0 Å². The van der Waals surface area contributed by atoms with Crippen molar-refractivity contribution in [2.75, 3.05) is 18.9 Å². The third kappa shape index (κ3) is 6.50. The van der Waals surface area contributed by atoms with Crippen molar-refractivity contribution in [2.45, 2.75) is 9.10 Å². The molecule has 0 saturated carbocycles. The van der Waals surface area contributed by atoms with Crippen molar-refractivity contribution in [3.8, 4) is 0 Å².